The van der Waals surface area contributed by atoms with E-state index in [4.69, 9.17) is 4.74 Å². The number of hydrogen-bond donors (Lipinski definition) is 0. The second-order valence-corrected chi connectivity index (χ2v) is 8.85. The minimum atomic E-state index is -0.660. The number of rotatable bonds is 5. The van der Waals surface area contributed by atoms with E-state index in [1.807, 2.05) is 43.3 Å². The molecule has 0 bridgehead atoms. The summed E-state index contributed by atoms with van der Waals surface area (Å²) in [6.45, 7) is 3.72. The Morgan fingerprint density at radius 2 is 1.85 bits per heavy atom. The molecule has 0 saturated heterocycles. The van der Waals surface area contributed by atoms with Crippen LogP contribution in [0, 0.1) is 5.82 Å². The predicted octanol–water partition coefficient (Wildman–Crippen LogP) is 3.00. The van der Waals surface area contributed by atoms with Gasteiger partial charge in [-0.2, -0.15) is 0 Å². The summed E-state index contributed by atoms with van der Waals surface area (Å²) in [6, 6.07) is 13.0. The highest BCUT2D eigenvalue weighted by atomic mass is 32.1. The van der Waals surface area contributed by atoms with E-state index in [2.05, 4.69) is 4.99 Å². The van der Waals surface area contributed by atoms with Crippen LogP contribution in [0.1, 0.15) is 31.0 Å². The minimum Gasteiger partial charge on any atom is -0.463 e. The molecule has 0 radical (unpaired) electrons. The molecular formula is C25H24FN3O3S. The first kappa shape index (κ1) is 22.7. The number of ether oxygens (including phenoxy) is 1. The molecule has 0 unspecified atom stereocenters. The predicted molar refractivity (Wildman–Crippen MR) is 128 cm³/mol. The van der Waals surface area contributed by atoms with Gasteiger partial charge in [0.2, 0.25) is 0 Å². The fraction of sp³-hybridized carbons (Fsp3) is 0.240. The molecule has 0 spiro atoms. The van der Waals surface area contributed by atoms with E-state index >= 15 is 0 Å². The average Bonchev–Trinajstić information content (AvgIpc) is 3.09. The molecule has 6 nitrogen and oxygen atoms in total. The van der Waals surface area contributed by atoms with Crippen LogP contribution >= 0.6 is 11.3 Å². The number of anilines is 1. The van der Waals surface area contributed by atoms with Gasteiger partial charge in [0.25, 0.3) is 5.56 Å². The van der Waals surface area contributed by atoms with E-state index in [0.717, 1.165) is 11.3 Å². The normalized spacial score (nSPS) is 15.8. The van der Waals surface area contributed by atoms with Gasteiger partial charge in [-0.25, -0.2) is 14.2 Å². The summed E-state index contributed by atoms with van der Waals surface area (Å²) < 4.78 is 20.6. The molecule has 1 aliphatic heterocycles. The standard InChI is InChI=1S/C25H24FN3O3S/c1-5-32-24(31)21-15(2)27-25-29(22(21)17-8-12-19(13-9-17)28(3)4)23(30)20(33-25)14-16-6-10-18(26)11-7-16/h6-14,22H,5H2,1-4H3/b20-14+/t22-/m0/s1. The highest BCUT2D eigenvalue weighted by Gasteiger charge is 2.33. The van der Waals surface area contributed by atoms with Gasteiger partial charge in [-0.1, -0.05) is 35.6 Å². The quantitative estimate of drug-likeness (QED) is 0.544. The molecule has 0 aliphatic carbocycles. The molecule has 2 heterocycles. The summed E-state index contributed by atoms with van der Waals surface area (Å²) in [7, 11) is 3.89. The Kier molecular flexibility index (Phi) is 6.29. The monoisotopic (exact) mass is 465 g/mol. The van der Waals surface area contributed by atoms with Crippen molar-refractivity contribution in [2.75, 3.05) is 25.6 Å². The molecule has 0 fully saturated rings. The van der Waals surface area contributed by atoms with Crippen LogP contribution in [0.4, 0.5) is 10.1 Å². The molecule has 8 heteroatoms. The molecule has 0 saturated carbocycles. The van der Waals surface area contributed by atoms with Crippen LogP contribution in [0.15, 0.2) is 69.6 Å². The lowest BCUT2D eigenvalue weighted by atomic mass is 9.95. The molecule has 3 aromatic rings. The topological polar surface area (TPSA) is 63.9 Å². The Balaban J connectivity index is 1.92. The van der Waals surface area contributed by atoms with Gasteiger partial charge in [-0.3, -0.25) is 9.36 Å². The summed E-state index contributed by atoms with van der Waals surface area (Å²) in [4.78, 5) is 33.5. The SMILES string of the molecule is CCOC(=O)C1=C(C)N=c2s/c(=C/c3ccc(F)cc3)c(=O)n2[C@H]1c1ccc(N(C)C)cc1. The summed E-state index contributed by atoms with van der Waals surface area (Å²) in [5.74, 6) is -0.835. The zero-order chi connectivity index (χ0) is 23.7. The Morgan fingerprint density at radius 1 is 1.18 bits per heavy atom. The van der Waals surface area contributed by atoms with Gasteiger partial charge in [0.15, 0.2) is 4.80 Å². The van der Waals surface area contributed by atoms with E-state index in [1.54, 1.807) is 36.6 Å². The lowest BCUT2D eigenvalue weighted by Gasteiger charge is -2.25. The molecule has 1 aliphatic rings. The number of carbonyl (C=O) groups excluding carboxylic acids is 1. The number of nitrogens with zero attached hydrogens (tertiary/aromatic N) is 3. The molecule has 33 heavy (non-hydrogen) atoms. The zero-order valence-electron chi connectivity index (χ0n) is 18.8. The lowest BCUT2D eigenvalue weighted by molar-refractivity contribution is -0.139. The first-order chi connectivity index (χ1) is 15.8. The van der Waals surface area contributed by atoms with Crippen molar-refractivity contribution in [1.29, 1.82) is 0 Å². The fourth-order valence-corrected chi connectivity index (χ4v) is 4.82. The van der Waals surface area contributed by atoms with Crippen molar-refractivity contribution in [1.82, 2.24) is 4.57 Å². The third kappa shape index (κ3) is 4.39. The number of benzene rings is 2. The van der Waals surface area contributed by atoms with E-state index in [1.165, 1.54) is 23.5 Å². The van der Waals surface area contributed by atoms with Crippen molar-refractivity contribution in [2.45, 2.75) is 19.9 Å². The number of fused-ring (bicyclic) bond motifs is 1. The van der Waals surface area contributed by atoms with Crippen LogP contribution < -0.4 is 19.8 Å². The van der Waals surface area contributed by atoms with Crippen LogP contribution in [0.3, 0.4) is 0 Å². The van der Waals surface area contributed by atoms with E-state index < -0.39 is 12.0 Å². The largest absolute Gasteiger partial charge is 0.463 e. The second-order valence-electron chi connectivity index (χ2n) is 7.84. The number of carbonyl (C=O) groups is 1. The average molecular weight is 466 g/mol. The van der Waals surface area contributed by atoms with Crippen LogP contribution in [-0.2, 0) is 9.53 Å². The summed E-state index contributed by atoms with van der Waals surface area (Å²) in [5.41, 5.74) is 3.09. The Bertz CT molecular complexity index is 1400. The zero-order valence-corrected chi connectivity index (χ0v) is 19.6. The lowest BCUT2D eigenvalue weighted by Crippen LogP contribution is -2.39. The van der Waals surface area contributed by atoms with Gasteiger partial charge in [0.1, 0.15) is 5.82 Å². The molecule has 0 amide bonds. The van der Waals surface area contributed by atoms with Crippen molar-refractivity contribution >= 4 is 29.1 Å². The van der Waals surface area contributed by atoms with Crippen LogP contribution in [0.2, 0.25) is 0 Å². The van der Waals surface area contributed by atoms with Gasteiger partial charge in [-0.05, 0) is 55.3 Å². The van der Waals surface area contributed by atoms with Crippen LogP contribution in [-0.4, -0.2) is 31.2 Å². The van der Waals surface area contributed by atoms with Crippen molar-refractivity contribution in [3.8, 4) is 0 Å². The molecule has 1 aromatic heterocycles. The number of allylic oxidation sites excluding steroid dienone is 1. The molecule has 0 N–H and O–H groups in total. The van der Waals surface area contributed by atoms with Gasteiger partial charge in [-0.15, -0.1) is 0 Å². The first-order valence-electron chi connectivity index (χ1n) is 10.5. The van der Waals surface area contributed by atoms with Crippen molar-refractivity contribution in [2.24, 2.45) is 4.99 Å². The number of hydrogen-bond acceptors (Lipinski definition) is 6. The summed E-state index contributed by atoms with van der Waals surface area (Å²) in [5, 5.41) is 0. The van der Waals surface area contributed by atoms with E-state index in [0.29, 0.717) is 26.2 Å². The third-order valence-corrected chi connectivity index (χ3v) is 6.39. The molecule has 1 atom stereocenters. The Labute approximate surface area is 194 Å². The van der Waals surface area contributed by atoms with Gasteiger partial charge in [0.05, 0.1) is 28.5 Å². The van der Waals surface area contributed by atoms with Gasteiger partial charge < -0.3 is 9.64 Å². The van der Waals surface area contributed by atoms with Gasteiger partial charge in [0, 0.05) is 19.8 Å². The highest BCUT2D eigenvalue weighted by Crippen LogP contribution is 2.31. The minimum absolute atomic E-state index is 0.219. The fourth-order valence-electron chi connectivity index (χ4n) is 3.77. The highest BCUT2D eigenvalue weighted by molar-refractivity contribution is 7.07. The maximum Gasteiger partial charge on any atom is 0.338 e. The maximum absolute atomic E-state index is 13.5. The second kappa shape index (κ2) is 9.15. The molecule has 170 valence electrons. The number of halogens is 1. The third-order valence-electron chi connectivity index (χ3n) is 5.41. The maximum atomic E-state index is 13.5. The Morgan fingerprint density at radius 3 is 2.45 bits per heavy atom. The summed E-state index contributed by atoms with van der Waals surface area (Å²) in [6.07, 6.45) is 1.71. The number of thiazole rings is 1. The first-order valence-corrected chi connectivity index (χ1v) is 11.3. The van der Waals surface area contributed by atoms with E-state index in [-0.39, 0.29) is 18.0 Å². The number of esters is 1. The van der Waals surface area contributed by atoms with E-state index in [9.17, 15) is 14.0 Å². The number of aromatic nitrogens is 1. The van der Waals surface area contributed by atoms with Crippen LogP contribution in [0.5, 0.6) is 0 Å². The van der Waals surface area contributed by atoms with Crippen molar-refractivity contribution < 1.29 is 13.9 Å². The van der Waals surface area contributed by atoms with Crippen molar-refractivity contribution in [3.63, 3.8) is 0 Å². The molecule has 4 rings (SSSR count). The molecule has 2 aromatic carbocycles. The van der Waals surface area contributed by atoms with Gasteiger partial charge >= 0.3 is 5.97 Å². The van der Waals surface area contributed by atoms with Crippen LogP contribution in [0.25, 0.3) is 6.08 Å². The molecular weight excluding hydrogens is 441 g/mol. The Hall–Kier alpha value is -3.52. The van der Waals surface area contributed by atoms with Crippen molar-refractivity contribution in [3.05, 3.63) is 96.4 Å². The summed E-state index contributed by atoms with van der Waals surface area (Å²) >= 11 is 1.24. The smallest absolute Gasteiger partial charge is 0.338 e.